The van der Waals surface area contributed by atoms with Crippen LogP contribution in [0.1, 0.15) is 30.5 Å². The fraction of sp³-hybridized carbons (Fsp3) is 0.160. The van der Waals surface area contributed by atoms with Crippen LogP contribution in [0.5, 0.6) is 0 Å². The molecule has 1 atom stereocenters. The zero-order valence-corrected chi connectivity index (χ0v) is 23.4. The minimum Gasteiger partial charge on any atom is -0.463 e. The van der Waals surface area contributed by atoms with Crippen LogP contribution in [0, 0.1) is 0 Å². The van der Waals surface area contributed by atoms with E-state index in [1.54, 1.807) is 24.5 Å². The van der Waals surface area contributed by atoms with Crippen LogP contribution >= 0.6 is 54.5 Å². The van der Waals surface area contributed by atoms with E-state index in [2.05, 4.69) is 36.9 Å². The molecular formula is C25H18Br2N2O4S2. The minimum absolute atomic E-state index is 0.233. The number of aromatic nitrogens is 1. The van der Waals surface area contributed by atoms with Gasteiger partial charge in [-0.2, -0.15) is 0 Å². The first-order valence-electron chi connectivity index (χ1n) is 10.7. The molecule has 0 spiro atoms. The summed E-state index contributed by atoms with van der Waals surface area (Å²) >= 11 is 9.80. The van der Waals surface area contributed by atoms with Crippen molar-refractivity contribution in [2.75, 3.05) is 6.61 Å². The van der Waals surface area contributed by atoms with Gasteiger partial charge in [-0.05, 0) is 55.6 Å². The van der Waals surface area contributed by atoms with Gasteiger partial charge in [-0.15, -0.1) is 11.3 Å². The van der Waals surface area contributed by atoms with Crippen LogP contribution < -0.4 is 14.9 Å². The third kappa shape index (κ3) is 4.55. The SMILES string of the molecule is CCOC(=O)C1=C(C)N=c2s/c(=C/c3ccc(-c4cc(Br)ccc4Br)o3)c(=O)n2[C@H]1c1cccs1. The molecule has 6 nitrogen and oxygen atoms in total. The van der Waals surface area contributed by atoms with Gasteiger partial charge in [0.1, 0.15) is 17.6 Å². The Hall–Kier alpha value is -2.53. The fourth-order valence-corrected chi connectivity index (χ4v) is 6.55. The monoisotopic (exact) mass is 632 g/mol. The normalized spacial score (nSPS) is 15.8. The molecule has 178 valence electrons. The number of halogens is 2. The van der Waals surface area contributed by atoms with Gasteiger partial charge in [0.2, 0.25) is 0 Å². The van der Waals surface area contributed by atoms with E-state index in [0.29, 0.717) is 32.1 Å². The quantitative estimate of drug-likeness (QED) is 0.267. The van der Waals surface area contributed by atoms with Crippen LogP contribution in [0.25, 0.3) is 17.4 Å². The predicted molar refractivity (Wildman–Crippen MR) is 144 cm³/mol. The third-order valence-electron chi connectivity index (χ3n) is 5.42. The van der Waals surface area contributed by atoms with Gasteiger partial charge >= 0.3 is 5.97 Å². The number of hydrogen-bond donors (Lipinski definition) is 0. The van der Waals surface area contributed by atoms with Gasteiger partial charge in [-0.1, -0.05) is 49.3 Å². The molecule has 10 heteroatoms. The molecule has 5 rings (SSSR count). The lowest BCUT2D eigenvalue weighted by molar-refractivity contribution is -0.139. The highest BCUT2D eigenvalue weighted by atomic mass is 79.9. The molecule has 0 aliphatic carbocycles. The van der Waals surface area contributed by atoms with Crippen molar-refractivity contribution in [2.45, 2.75) is 19.9 Å². The number of thiophene rings is 1. The molecular weight excluding hydrogens is 616 g/mol. The molecule has 1 aliphatic heterocycles. The maximum absolute atomic E-state index is 13.6. The van der Waals surface area contributed by atoms with Crippen molar-refractivity contribution in [3.63, 3.8) is 0 Å². The first-order chi connectivity index (χ1) is 16.9. The number of thiazole rings is 1. The molecule has 0 fully saturated rings. The number of ether oxygens (including phenoxy) is 1. The lowest BCUT2D eigenvalue weighted by Gasteiger charge is -2.23. The van der Waals surface area contributed by atoms with Crippen molar-refractivity contribution >= 4 is 66.6 Å². The molecule has 0 unspecified atom stereocenters. The van der Waals surface area contributed by atoms with E-state index in [1.807, 2.05) is 47.8 Å². The summed E-state index contributed by atoms with van der Waals surface area (Å²) < 4.78 is 15.2. The zero-order valence-electron chi connectivity index (χ0n) is 18.6. The molecule has 0 saturated heterocycles. The Bertz CT molecular complexity index is 1640. The average molecular weight is 634 g/mol. The molecule has 0 saturated carbocycles. The van der Waals surface area contributed by atoms with Crippen LogP contribution in [-0.2, 0) is 9.53 Å². The van der Waals surface area contributed by atoms with E-state index in [-0.39, 0.29) is 12.2 Å². The van der Waals surface area contributed by atoms with Crippen molar-refractivity contribution in [3.05, 3.63) is 98.4 Å². The van der Waals surface area contributed by atoms with E-state index < -0.39 is 12.0 Å². The van der Waals surface area contributed by atoms with E-state index in [0.717, 1.165) is 19.4 Å². The summed E-state index contributed by atoms with van der Waals surface area (Å²) in [6.45, 7) is 3.78. The van der Waals surface area contributed by atoms with Gasteiger partial charge in [-0.3, -0.25) is 9.36 Å². The van der Waals surface area contributed by atoms with E-state index >= 15 is 0 Å². The number of hydrogen-bond acceptors (Lipinski definition) is 7. The molecule has 0 radical (unpaired) electrons. The highest BCUT2D eigenvalue weighted by Gasteiger charge is 2.33. The van der Waals surface area contributed by atoms with Gasteiger partial charge in [0, 0.05) is 25.5 Å². The van der Waals surface area contributed by atoms with Gasteiger partial charge in [0.05, 0.1) is 22.4 Å². The summed E-state index contributed by atoms with van der Waals surface area (Å²) in [5.74, 6) is 0.761. The second kappa shape index (κ2) is 9.85. The molecule has 0 bridgehead atoms. The van der Waals surface area contributed by atoms with Crippen LogP contribution in [0.15, 0.2) is 82.3 Å². The number of rotatable bonds is 5. The first kappa shape index (κ1) is 24.2. The number of fused-ring (bicyclic) bond motifs is 1. The van der Waals surface area contributed by atoms with Crippen LogP contribution in [-0.4, -0.2) is 17.1 Å². The highest BCUT2D eigenvalue weighted by Crippen LogP contribution is 2.34. The summed E-state index contributed by atoms with van der Waals surface area (Å²) in [5.41, 5.74) is 1.60. The molecule has 0 amide bonds. The predicted octanol–water partition coefficient (Wildman–Crippen LogP) is 5.64. The second-order valence-corrected chi connectivity index (χ2v) is 11.4. The lowest BCUT2D eigenvalue weighted by atomic mass is 10.0. The average Bonchev–Trinajstić information content (AvgIpc) is 3.57. The Balaban J connectivity index is 1.62. The van der Waals surface area contributed by atoms with Crippen molar-refractivity contribution in [2.24, 2.45) is 4.99 Å². The molecule has 4 heterocycles. The maximum atomic E-state index is 13.6. The van der Waals surface area contributed by atoms with Gasteiger partial charge in [-0.25, -0.2) is 9.79 Å². The molecule has 1 aromatic carbocycles. The zero-order chi connectivity index (χ0) is 24.7. The van der Waals surface area contributed by atoms with Gasteiger partial charge in [0.15, 0.2) is 4.80 Å². The Morgan fingerprint density at radius 3 is 2.83 bits per heavy atom. The summed E-state index contributed by atoms with van der Waals surface area (Å²) in [7, 11) is 0. The molecule has 35 heavy (non-hydrogen) atoms. The Kier molecular flexibility index (Phi) is 6.80. The van der Waals surface area contributed by atoms with Gasteiger partial charge < -0.3 is 9.15 Å². The molecule has 0 N–H and O–H groups in total. The fourth-order valence-electron chi connectivity index (χ4n) is 3.90. The van der Waals surface area contributed by atoms with E-state index in [9.17, 15) is 9.59 Å². The molecule has 3 aromatic heterocycles. The van der Waals surface area contributed by atoms with Crippen LogP contribution in [0.4, 0.5) is 0 Å². The largest absolute Gasteiger partial charge is 0.463 e. The molecule has 4 aromatic rings. The standard InChI is InChI=1S/C25H18Br2N2O4S2/c1-3-32-24(31)21-13(2)28-25-29(22(21)19-5-4-10-34-19)23(30)20(35-25)12-15-7-9-18(33-15)16-11-14(26)6-8-17(16)27/h4-12,22H,3H2,1-2H3/b20-12+/t22-/m0/s1. The second-order valence-electron chi connectivity index (χ2n) is 7.64. The third-order valence-corrected chi connectivity index (χ3v) is 8.52. The number of allylic oxidation sites excluding steroid dienone is 1. The summed E-state index contributed by atoms with van der Waals surface area (Å²) in [6.07, 6.45) is 1.72. The van der Waals surface area contributed by atoms with Crippen molar-refractivity contribution in [3.8, 4) is 11.3 Å². The van der Waals surface area contributed by atoms with Crippen LogP contribution in [0.3, 0.4) is 0 Å². The first-order valence-corrected chi connectivity index (χ1v) is 13.9. The summed E-state index contributed by atoms with van der Waals surface area (Å²) in [5, 5.41) is 1.92. The number of esters is 1. The van der Waals surface area contributed by atoms with Crippen molar-refractivity contribution < 1.29 is 13.9 Å². The summed E-state index contributed by atoms with van der Waals surface area (Å²) in [6, 6.07) is 12.8. The number of carbonyl (C=O) groups is 1. The number of carbonyl (C=O) groups excluding carboxylic acids is 1. The minimum atomic E-state index is -0.586. The van der Waals surface area contributed by atoms with Crippen molar-refractivity contribution in [1.82, 2.24) is 4.57 Å². The Morgan fingerprint density at radius 2 is 2.09 bits per heavy atom. The molecule has 1 aliphatic rings. The van der Waals surface area contributed by atoms with E-state index in [4.69, 9.17) is 9.15 Å². The lowest BCUT2D eigenvalue weighted by Crippen LogP contribution is -2.39. The van der Waals surface area contributed by atoms with E-state index in [1.165, 1.54) is 22.7 Å². The maximum Gasteiger partial charge on any atom is 0.338 e. The number of benzene rings is 1. The van der Waals surface area contributed by atoms with Crippen molar-refractivity contribution in [1.29, 1.82) is 0 Å². The number of furan rings is 1. The van der Waals surface area contributed by atoms with Gasteiger partial charge in [0.25, 0.3) is 5.56 Å². The number of nitrogens with zero attached hydrogens (tertiary/aromatic N) is 2. The van der Waals surface area contributed by atoms with Crippen LogP contribution in [0.2, 0.25) is 0 Å². The Labute approximate surface area is 225 Å². The highest BCUT2D eigenvalue weighted by molar-refractivity contribution is 9.11. The Morgan fingerprint density at radius 1 is 1.26 bits per heavy atom. The summed E-state index contributed by atoms with van der Waals surface area (Å²) in [4.78, 5) is 32.4. The topological polar surface area (TPSA) is 73.8 Å². The smallest absolute Gasteiger partial charge is 0.338 e.